The van der Waals surface area contributed by atoms with Crippen molar-refractivity contribution >= 4 is 5.65 Å². The molecule has 112 valence electrons. The van der Waals surface area contributed by atoms with Crippen LogP contribution in [-0.4, -0.2) is 14.0 Å². The third kappa shape index (κ3) is 2.28. The van der Waals surface area contributed by atoms with Gasteiger partial charge in [-0.15, -0.1) is 0 Å². The van der Waals surface area contributed by atoms with Gasteiger partial charge in [0.2, 0.25) is 0 Å². The Hall–Kier alpha value is -2.56. The van der Waals surface area contributed by atoms with Crippen LogP contribution in [0.3, 0.4) is 0 Å². The van der Waals surface area contributed by atoms with Gasteiger partial charge >= 0.3 is 5.69 Å². The molecule has 2 heterocycles. The molecule has 4 rings (SSSR count). The van der Waals surface area contributed by atoms with E-state index in [9.17, 15) is 4.79 Å². The molecule has 0 bridgehead atoms. The minimum Gasteiger partial charge on any atom is -0.487 e. The lowest BCUT2D eigenvalue weighted by Gasteiger charge is -2.04. The summed E-state index contributed by atoms with van der Waals surface area (Å²) in [6.07, 6.45) is 6.06. The largest absolute Gasteiger partial charge is 0.487 e. The van der Waals surface area contributed by atoms with E-state index in [-0.39, 0.29) is 5.69 Å². The molecule has 0 saturated heterocycles. The van der Waals surface area contributed by atoms with Gasteiger partial charge in [0.25, 0.3) is 0 Å². The lowest BCUT2D eigenvalue weighted by molar-refractivity contribution is 0.302. The number of aryl methyl sites for hydroxylation is 1. The number of fused-ring (bicyclic) bond motifs is 1. The van der Waals surface area contributed by atoms with Crippen molar-refractivity contribution in [3.63, 3.8) is 0 Å². The molecule has 2 aromatic heterocycles. The summed E-state index contributed by atoms with van der Waals surface area (Å²) in [6, 6.07) is 9.62. The zero-order valence-corrected chi connectivity index (χ0v) is 12.4. The Labute approximate surface area is 127 Å². The van der Waals surface area contributed by atoms with Crippen LogP contribution in [0.5, 0.6) is 5.75 Å². The lowest BCUT2D eigenvalue weighted by Crippen LogP contribution is -2.24. The van der Waals surface area contributed by atoms with Crippen molar-refractivity contribution in [2.24, 2.45) is 7.05 Å². The first kappa shape index (κ1) is 13.1. The molecule has 1 aliphatic rings. The highest BCUT2D eigenvalue weighted by Gasteiger charge is 2.28. The summed E-state index contributed by atoms with van der Waals surface area (Å²) >= 11 is 0. The van der Waals surface area contributed by atoms with Crippen molar-refractivity contribution in [1.82, 2.24) is 14.0 Å². The molecule has 0 N–H and O–H groups in total. The van der Waals surface area contributed by atoms with Crippen LogP contribution in [-0.2, 0) is 13.7 Å². The van der Waals surface area contributed by atoms with Crippen molar-refractivity contribution in [1.29, 1.82) is 0 Å². The summed E-state index contributed by atoms with van der Waals surface area (Å²) in [5.41, 5.74) is 2.64. The number of ether oxygens (including phenoxy) is 1. The van der Waals surface area contributed by atoms with E-state index in [0.29, 0.717) is 12.5 Å². The molecule has 5 heteroatoms. The second-order valence-corrected chi connectivity index (χ2v) is 5.78. The Kier molecular flexibility index (Phi) is 2.99. The highest BCUT2D eigenvalue weighted by Crippen LogP contribution is 2.41. The van der Waals surface area contributed by atoms with Crippen molar-refractivity contribution < 1.29 is 4.74 Å². The monoisotopic (exact) mass is 295 g/mol. The number of para-hydroxylation sites is 1. The first-order valence-corrected chi connectivity index (χ1v) is 7.48. The van der Waals surface area contributed by atoms with Gasteiger partial charge in [-0.25, -0.2) is 9.78 Å². The third-order valence-corrected chi connectivity index (χ3v) is 4.00. The minimum atomic E-state index is -0.0714. The number of nitrogens with zero attached hydrogens (tertiary/aromatic N) is 3. The van der Waals surface area contributed by atoms with E-state index in [0.717, 1.165) is 22.7 Å². The normalized spacial score (nSPS) is 14.4. The van der Waals surface area contributed by atoms with Crippen LogP contribution in [0, 0.1) is 0 Å². The summed E-state index contributed by atoms with van der Waals surface area (Å²) in [7, 11) is 1.79. The standard InChI is InChI=1S/C17H17N3O2/c1-19-10-15(12-7-8-12)16-18-13(9-20(16)17(19)21)11-22-14-5-3-2-4-6-14/h2-6,9-10,12H,7-8,11H2,1H3. The molecular formula is C17H17N3O2. The van der Waals surface area contributed by atoms with Gasteiger partial charge in [0.1, 0.15) is 18.0 Å². The Morgan fingerprint density at radius 2 is 2.00 bits per heavy atom. The van der Waals surface area contributed by atoms with Gasteiger partial charge in [0, 0.05) is 25.0 Å². The molecule has 3 aromatic rings. The average molecular weight is 295 g/mol. The van der Waals surface area contributed by atoms with Crippen LogP contribution >= 0.6 is 0 Å². The Bertz CT molecular complexity index is 876. The SMILES string of the molecule is Cn1cc(C2CC2)c2nc(COc3ccccc3)cn2c1=O. The predicted molar refractivity (Wildman–Crippen MR) is 83.2 cm³/mol. The zero-order chi connectivity index (χ0) is 15.1. The molecule has 1 saturated carbocycles. The van der Waals surface area contributed by atoms with Gasteiger partial charge in [-0.2, -0.15) is 0 Å². The molecule has 0 radical (unpaired) electrons. The topological polar surface area (TPSA) is 48.5 Å². The minimum absolute atomic E-state index is 0.0714. The van der Waals surface area contributed by atoms with Crippen molar-refractivity contribution in [2.45, 2.75) is 25.4 Å². The van der Waals surface area contributed by atoms with Gasteiger partial charge in [-0.3, -0.25) is 4.40 Å². The summed E-state index contributed by atoms with van der Waals surface area (Å²) in [6.45, 7) is 0.360. The van der Waals surface area contributed by atoms with Crippen LogP contribution < -0.4 is 10.4 Å². The number of rotatable bonds is 4. The molecular weight excluding hydrogens is 278 g/mol. The van der Waals surface area contributed by atoms with E-state index in [4.69, 9.17) is 4.74 Å². The highest BCUT2D eigenvalue weighted by molar-refractivity contribution is 5.51. The first-order chi connectivity index (χ1) is 10.7. The first-order valence-electron chi connectivity index (χ1n) is 7.48. The van der Waals surface area contributed by atoms with Crippen LogP contribution in [0.2, 0.25) is 0 Å². The summed E-state index contributed by atoms with van der Waals surface area (Å²) in [5, 5.41) is 0. The van der Waals surface area contributed by atoms with Gasteiger partial charge in [-0.05, 0) is 30.9 Å². The van der Waals surface area contributed by atoms with E-state index < -0.39 is 0 Å². The molecule has 5 nitrogen and oxygen atoms in total. The van der Waals surface area contributed by atoms with E-state index >= 15 is 0 Å². The molecule has 0 atom stereocenters. The van der Waals surface area contributed by atoms with Crippen LogP contribution in [0.15, 0.2) is 47.5 Å². The van der Waals surface area contributed by atoms with Gasteiger partial charge in [-0.1, -0.05) is 18.2 Å². The number of imidazole rings is 1. The molecule has 1 fully saturated rings. The summed E-state index contributed by atoms with van der Waals surface area (Å²) in [4.78, 5) is 16.9. The van der Waals surface area contributed by atoms with E-state index in [1.54, 1.807) is 22.2 Å². The zero-order valence-electron chi connectivity index (χ0n) is 12.4. The van der Waals surface area contributed by atoms with Crippen molar-refractivity contribution in [3.8, 4) is 5.75 Å². The van der Waals surface area contributed by atoms with Crippen LogP contribution in [0.1, 0.15) is 30.0 Å². The molecule has 22 heavy (non-hydrogen) atoms. The number of hydrogen-bond acceptors (Lipinski definition) is 3. The average Bonchev–Trinajstić information content (AvgIpc) is 3.29. The maximum absolute atomic E-state index is 12.3. The summed E-state index contributed by atoms with van der Waals surface area (Å²) < 4.78 is 8.99. The molecule has 1 aromatic carbocycles. The second kappa shape index (κ2) is 5.02. The predicted octanol–water partition coefficient (Wildman–Crippen LogP) is 2.49. The Morgan fingerprint density at radius 3 is 2.73 bits per heavy atom. The van der Waals surface area contributed by atoms with E-state index in [2.05, 4.69) is 4.98 Å². The fourth-order valence-corrected chi connectivity index (χ4v) is 2.70. The van der Waals surface area contributed by atoms with Gasteiger partial charge in [0.15, 0.2) is 0 Å². The molecule has 1 aliphatic carbocycles. The highest BCUT2D eigenvalue weighted by atomic mass is 16.5. The fourth-order valence-electron chi connectivity index (χ4n) is 2.70. The lowest BCUT2D eigenvalue weighted by atomic mass is 10.2. The number of aromatic nitrogens is 3. The smallest absolute Gasteiger partial charge is 0.333 e. The molecule has 0 aliphatic heterocycles. The maximum atomic E-state index is 12.3. The quantitative estimate of drug-likeness (QED) is 0.743. The molecule has 0 unspecified atom stereocenters. The number of benzene rings is 1. The fraction of sp³-hybridized carbons (Fsp3) is 0.294. The van der Waals surface area contributed by atoms with Crippen molar-refractivity contribution in [2.75, 3.05) is 0 Å². The van der Waals surface area contributed by atoms with Gasteiger partial charge in [0.05, 0.1) is 5.69 Å². The second-order valence-electron chi connectivity index (χ2n) is 5.78. The Morgan fingerprint density at radius 1 is 1.23 bits per heavy atom. The third-order valence-electron chi connectivity index (χ3n) is 4.00. The molecule has 0 spiro atoms. The number of hydrogen-bond donors (Lipinski definition) is 0. The van der Waals surface area contributed by atoms with Crippen LogP contribution in [0.4, 0.5) is 0 Å². The van der Waals surface area contributed by atoms with Crippen molar-refractivity contribution in [3.05, 3.63) is 64.5 Å². The van der Waals surface area contributed by atoms with E-state index in [1.807, 2.05) is 36.5 Å². The van der Waals surface area contributed by atoms with E-state index in [1.165, 1.54) is 12.8 Å². The summed E-state index contributed by atoms with van der Waals surface area (Å²) in [5.74, 6) is 1.34. The molecule has 0 amide bonds. The Balaban J connectivity index is 1.69. The van der Waals surface area contributed by atoms with Gasteiger partial charge < -0.3 is 9.30 Å². The van der Waals surface area contributed by atoms with Crippen LogP contribution in [0.25, 0.3) is 5.65 Å². The maximum Gasteiger partial charge on any atom is 0.333 e.